The van der Waals surface area contributed by atoms with Crippen LogP contribution in [0.25, 0.3) is 0 Å². The zero-order valence-corrected chi connectivity index (χ0v) is 18.7. The SMILES string of the molecule is Cc1ccc(CNC(=O)CN2C(=O)CN(C(=O)Nc3ccc(C)cc3)c3ccccc32)cc1. The van der Waals surface area contributed by atoms with Gasteiger partial charge in [-0.1, -0.05) is 59.7 Å². The van der Waals surface area contributed by atoms with E-state index in [4.69, 9.17) is 0 Å². The third-order valence-corrected chi connectivity index (χ3v) is 5.52. The summed E-state index contributed by atoms with van der Waals surface area (Å²) in [5, 5.41) is 5.70. The van der Waals surface area contributed by atoms with Gasteiger partial charge in [-0.15, -0.1) is 0 Å². The Balaban J connectivity index is 1.46. The monoisotopic (exact) mass is 442 g/mol. The van der Waals surface area contributed by atoms with E-state index in [1.165, 1.54) is 9.80 Å². The molecule has 0 radical (unpaired) electrons. The van der Waals surface area contributed by atoms with Crippen molar-refractivity contribution in [3.8, 4) is 0 Å². The Morgan fingerprint density at radius 2 is 1.45 bits per heavy atom. The molecule has 7 nitrogen and oxygen atoms in total. The van der Waals surface area contributed by atoms with Gasteiger partial charge in [0.25, 0.3) is 0 Å². The van der Waals surface area contributed by atoms with Crippen LogP contribution in [0.3, 0.4) is 0 Å². The molecule has 1 heterocycles. The number of carbonyl (C=O) groups is 3. The predicted octanol–water partition coefficient (Wildman–Crippen LogP) is 4.00. The number of hydrogen-bond donors (Lipinski definition) is 2. The molecule has 168 valence electrons. The molecule has 0 unspecified atom stereocenters. The Morgan fingerprint density at radius 3 is 2.12 bits per heavy atom. The maximum Gasteiger partial charge on any atom is 0.326 e. The number of carbonyl (C=O) groups excluding carboxylic acids is 3. The molecule has 0 aromatic heterocycles. The minimum atomic E-state index is -0.400. The lowest BCUT2D eigenvalue weighted by molar-refractivity contribution is -0.123. The molecule has 1 aliphatic rings. The van der Waals surface area contributed by atoms with Crippen LogP contribution in [0.2, 0.25) is 0 Å². The van der Waals surface area contributed by atoms with Gasteiger partial charge in [-0.3, -0.25) is 19.4 Å². The lowest BCUT2D eigenvalue weighted by atomic mass is 10.1. The van der Waals surface area contributed by atoms with Crippen molar-refractivity contribution in [2.24, 2.45) is 0 Å². The van der Waals surface area contributed by atoms with Crippen molar-refractivity contribution in [3.05, 3.63) is 89.5 Å². The van der Waals surface area contributed by atoms with Crippen LogP contribution >= 0.6 is 0 Å². The van der Waals surface area contributed by atoms with E-state index in [1.807, 2.05) is 62.4 Å². The van der Waals surface area contributed by atoms with Gasteiger partial charge in [-0.2, -0.15) is 0 Å². The Labute approximate surface area is 193 Å². The topological polar surface area (TPSA) is 81.8 Å². The first-order valence-corrected chi connectivity index (χ1v) is 10.8. The summed E-state index contributed by atoms with van der Waals surface area (Å²) in [6.45, 7) is 4.09. The van der Waals surface area contributed by atoms with E-state index >= 15 is 0 Å². The van der Waals surface area contributed by atoms with E-state index in [0.29, 0.717) is 23.6 Å². The fourth-order valence-corrected chi connectivity index (χ4v) is 3.65. The zero-order chi connectivity index (χ0) is 23.4. The number of nitrogens with one attached hydrogen (secondary N) is 2. The summed E-state index contributed by atoms with van der Waals surface area (Å²) in [5.41, 5.74) is 4.97. The van der Waals surface area contributed by atoms with Crippen LogP contribution in [0.1, 0.15) is 16.7 Å². The molecular weight excluding hydrogens is 416 g/mol. The average Bonchev–Trinajstić information content (AvgIpc) is 2.81. The summed E-state index contributed by atoms with van der Waals surface area (Å²) in [6.07, 6.45) is 0. The number of rotatable bonds is 5. The summed E-state index contributed by atoms with van der Waals surface area (Å²) in [4.78, 5) is 41.3. The maximum atomic E-state index is 12.9. The molecule has 1 aliphatic heterocycles. The van der Waals surface area contributed by atoms with Gasteiger partial charge in [-0.05, 0) is 43.7 Å². The number of anilines is 3. The molecule has 4 rings (SSSR count). The Morgan fingerprint density at radius 1 is 0.848 bits per heavy atom. The number of benzene rings is 3. The van der Waals surface area contributed by atoms with Crippen LogP contribution in [0.4, 0.5) is 21.9 Å². The summed E-state index contributed by atoms with van der Waals surface area (Å²) >= 11 is 0. The number of nitrogens with zero attached hydrogens (tertiary/aromatic N) is 2. The number of para-hydroxylation sites is 2. The first-order chi connectivity index (χ1) is 15.9. The molecule has 0 aliphatic carbocycles. The van der Waals surface area contributed by atoms with Crippen molar-refractivity contribution in [1.82, 2.24) is 5.32 Å². The summed E-state index contributed by atoms with van der Waals surface area (Å²) in [7, 11) is 0. The lowest BCUT2D eigenvalue weighted by Gasteiger charge is -2.35. The van der Waals surface area contributed by atoms with Gasteiger partial charge in [0.05, 0.1) is 11.4 Å². The standard InChI is InChI=1S/C26H26N4O3/c1-18-7-11-20(12-8-18)15-27-24(31)16-29-22-5-3-4-6-23(22)30(17-25(29)32)26(33)28-21-13-9-19(2)10-14-21/h3-14H,15-17H2,1-2H3,(H,27,31)(H,28,33). The van der Waals surface area contributed by atoms with Crippen molar-refractivity contribution in [1.29, 1.82) is 0 Å². The van der Waals surface area contributed by atoms with Crippen molar-refractivity contribution in [3.63, 3.8) is 0 Å². The summed E-state index contributed by atoms with van der Waals surface area (Å²) in [5.74, 6) is -0.588. The van der Waals surface area contributed by atoms with Crippen LogP contribution in [0.5, 0.6) is 0 Å². The van der Waals surface area contributed by atoms with Gasteiger partial charge in [0, 0.05) is 12.2 Å². The molecular formula is C26H26N4O3. The lowest BCUT2D eigenvalue weighted by Crippen LogP contribution is -2.51. The molecule has 0 saturated carbocycles. The summed E-state index contributed by atoms with van der Waals surface area (Å²) < 4.78 is 0. The number of aryl methyl sites for hydroxylation is 2. The normalized spacial score (nSPS) is 12.8. The second kappa shape index (κ2) is 9.56. The molecule has 7 heteroatoms. The average molecular weight is 443 g/mol. The Bertz CT molecular complexity index is 1170. The molecule has 0 spiro atoms. The fourth-order valence-electron chi connectivity index (χ4n) is 3.65. The predicted molar refractivity (Wildman–Crippen MR) is 129 cm³/mol. The highest BCUT2D eigenvalue weighted by Gasteiger charge is 2.33. The quantitative estimate of drug-likeness (QED) is 0.627. The highest BCUT2D eigenvalue weighted by Crippen LogP contribution is 2.33. The molecule has 0 fully saturated rings. The van der Waals surface area contributed by atoms with Crippen LogP contribution < -0.4 is 20.4 Å². The number of fused-ring (bicyclic) bond motifs is 1. The van der Waals surface area contributed by atoms with Crippen molar-refractivity contribution in [2.45, 2.75) is 20.4 Å². The third-order valence-electron chi connectivity index (χ3n) is 5.52. The van der Waals surface area contributed by atoms with E-state index in [2.05, 4.69) is 10.6 Å². The zero-order valence-electron chi connectivity index (χ0n) is 18.7. The molecule has 0 bridgehead atoms. The second-order valence-corrected chi connectivity index (χ2v) is 8.11. The van der Waals surface area contributed by atoms with Gasteiger partial charge in [-0.25, -0.2) is 4.79 Å². The second-order valence-electron chi connectivity index (χ2n) is 8.11. The van der Waals surface area contributed by atoms with Crippen LogP contribution in [0, 0.1) is 13.8 Å². The molecule has 3 aromatic carbocycles. The largest absolute Gasteiger partial charge is 0.350 e. The van der Waals surface area contributed by atoms with Crippen LogP contribution in [0.15, 0.2) is 72.8 Å². The molecule has 0 saturated heterocycles. The highest BCUT2D eigenvalue weighted by molar-refractivity contribution is 6.15. The molecule has 2 N–H and O–H groups in total. The smallest absolute Gasteiger partial charge is 0.326 e. The molecule has 33 heavy (non-hydrogen) atoms. The van der Waals surface area contributed by atoms with Gasteiger partial charge >= 0.3 is 6.03 Å². The highest BCUT2D eigenvalue weighted by atomic mass is 16.2. The van der Waals surface area contributed by atoms with Gasteiger partial charge in [0.15, 0.2) is 0 Å². The molecule has 4 amide bonds. The number of urea groups is 1. The van der Waals surface area contributed by atoms with E-state index in [9.17, 15) is 14.4 Å². The van der Waals surface area contributed by atoms with E-state index in [0.717, 1.165) is 16.7 Å². The Kier molecular flexibility index (Phi) is 6.40. The van der Waals surface area contributed by atoms with E-state index in [1.54, 1.807) is 24.3 Å². The van der Waals surface area contributed by atoms with Gasteiger partial charge in [0.1, 0.15) is 13.1 Å². The number of hydrogen-bond acceptors (Lipinski definition) is 3. The minimum Gasteiger partial charge on any atom is -0.350 e. The maximum absolute atomic E-state index is 12.9. The van der Waals surface area contributed by atoms with Gasteiger partial charge < -0.3 is 10.6 Å². The third kappa shape index (κ3) is 5.20. The van der Waals surface area contributed by atoms with Crippen LogP contribution in [-0.2, 0) is 16.1 Å². The first-order valence-electron chi connectivity index (χ1n) is 10.8. The summed E-state index contributed by atoms with van der Waals surface area (Å²) in [6, 6.07) is 22.0. The van der Waals surface area contributed by atoms with Gasteiger partial charge in [0.2, 0.25) is 11.8 Å². The van der Waals surface area contributed by atoms with Crippen molar-refractivity contribution >= 4 is 34.9 Å². The molecule has 0 atom stereocenters. The number of amides is 4. The van der Waals surface area contributed by atoms with Crippen molar-refractivity contribution < 1.29 is 14.4 Å². The molecule has 3 aromatic rings. The fraction of sp³-hybridized carbons (Fsp3) is 0.192. The van der Waals surface area contributed by atoms with Crippen molar-refractivity contribution in [2.75, 3.05) is 28.2 Å². The van der Waals surface area contributed by atoms with Crippen LogP contribution in [-0.4, -0.2) is 30.9 Å². The minimum absolute atomic E-state index is 0.116. The van der Waals surface area contributed by atoms with E-state index < -0.39 is 6.03 Å². The van der Waals surface area contributed by atoms with E-state index in [-0.39, 0.29) is 24.9 Å². The first kappa shape index (κ1) is 22.1. The Hall–Kier alpha value is -4.13.